The van der Waals surface area contributed by atoms with Gasteiger partial charge >= 0.3 is 0 Å². The van der Waals surface area contributed by atoms with Crippen molar-refractivity contribution in [3.8, 4) is 5.75 Å². The molecule has 0 radical (unpaired) electrons. The molecule has 0 saturated carbocycles. The fourth-order valence-corrected chi connectivity index (χ4v) is 3.57. The molecule has 0 unspecified atom stereocenters. The van der Waals surface area contributed by atoms with Crippen molar-refractivity contribution in [1.82, 2.24) is 5.32 Å². The lowest BCUT2D eigenvalue weighted by Crippen LogP contribution is -2.28. The Morgan fingerprint density at radius 2 is 1.75 bits per heavy atom. The summed E-state index contributed by atoms with van der Waals surface area (Å²) in [6.45, 7) is 0.0814. The first-order valence-electron chi connectivity index (χ1n) is 8.23. The number of carbonyl (C=O) groups is 1. The molecule has 0 spiro atoms. The predicted octanol–water partition coefficient (Wildman–Crippen LogP) is 3.54. The number of rotatable bonds is 8. The number of sulfonamides is 1. The molecule has 3 aromatic rings. The van der Waals surface area contributed by atoms with Crippen LogP contribution in [0.25, 0.3) is 0 Å². The van der Waals surface area contributed by atoms with Crippen LogP contribution in [-0.4, -0.2) is 20.9 Å². The number of anilines is 1. The van der Waals surface area contributed by atoms with E-state index in [1.54, 1.807) is 36.4 Å². The number of hydrogen-bond donors (Lipinski definition) is 2. The molecule has 0 aliphatic carbocycles. The molecular weight excluding hydrogens is 448 g/mol. The molecule has 0 atom stereocenters. The highest BCUT2D eigenvalue weighted by molar-refractivity contribution is 9.10. The fourth-order valence-electron chi connectivity index (χ4n) is 2.25. The Morgan fingerprint density at radius 3 is 2.39 bits per heavy atom. The summed E-state index contributed by atoms with van der Waals surface area (Å²) < 4.78 is 38.7. The first-order chi connectivity index (χ1) is 13.4. The van der Waals surface area contributed by atoms with E-state index in [4.69, 9.17) is 9.15 Å². The molecule has 7 nitrogen and oxygen atoms in total. The standard InChI is InChI=1S/C19H17BrN2O5S/c20-14-3-5-15(6-4-14)22-28(24,25)18-9-7-16(8-10-18)27-13-19(23)21-12-17-2-1-11-26-17/h1-11,22H,12-13H2,(H,21,23). The molecule has 0 saturated heterocycles. The van der Waals surface area contributed by atoms with Gasteiger partial charge in [0.15, 0.2) is 6.61 Å². The zero-order valence-electron chi connectivity index (χ0n) is 14.6. The van der Waals surface area contributed by atoms with E-state index in [2.05, 4.69) is 26.0 Å². The van der Waals surface area contributed by atoms with Crippen LogP contribution >= 0.6 is 15.9 Å². The van der Waals surface area contributed by atoms with E-state index in [1.807, 2.05) is 0 Å². The van der Waals surface area contributed by atoms with Crippen LogP contribution in [0, 0.1) is 0 Å². The Hall–Kier alpha value is -2.78. The van der Waals surface area contributed by atoms with E-state index in [9.17, 15) is 13.2 Å². The molecule has 1 amide bonds. The molecular formula is C19H17BrN2O5S. The number of nitrogens with one attached hydrogen (secondary N) is 2. The molecule has 0 aliphatic rings. The average molecular weight is 465 g/mol. The van der Waals surface area contributed by atoms with Gasteiger partial charge in [-0.2, -0.15) is 0 Å². The smallest absolute Gasteiger partial charge is 0.261 e. The lowest BCUT2D eigenvalue weighted by Gasteiger charge is -2.10. The first-order valence-corrected chi connectivity index (χ1v) is 10.5. The van der Waals surface area contributed by atoms with Crippen LogP contribution < -0.4 is 14.8 Å². The third kappa shape index (κ3) is 5.61. The van der Waals surface area contributed by atoms with E-state index in [0.29, 0.717) is 17.2 Å². The van der Waals surface area contributed by atoms with Crippen molar-refractivity contribution in [2.24, 2.45) is 0 Å². The highest BCUT2D eigenvalue weighted by atomic mass is 79.9. The number of hydrogen-bond acceptors (Lipinski definition) is 5. The second kappa shape index (κ2) is 8.94. The topological polar surface area (TPSA) is 97.6 Å². The Labute approximate surface area is 170 Å². The Bertz CT molecular complexity index is 1020. The summed E-state index contributed by atoms with van der Waals surface area (Å²) in [6.07, 6.45) is 1.53. The van der Waals surface area contributed by atoms with Gasteiger partial charge in [0.25, 0.3) is 15.9 Å². The lowest BCUT2D eigenvalue weighted by molar-refractivity contribution is -0.123. The zero-order valence-corrected chi connectivity index (χ0v) is 17.0. The van der Waals surface area contributed by atoms with Gasteiger partial charge in [-0.15, -0.1) is 0 Å². The van der Waals surface area contributed by atoms with Crippen molar-refractivity contribution in [2.45, 2.75) is 11.4 Å². The van der Waals surface area contributed by atoms with Gasteiger partial charge in [-0.25, -0.2) is 8.42 Å². The highest BCUT2D eigenvalue weighted by Crippen LogP contribution is 2.20. The summed E-state index contributed by atoms with van der Waals surface area (Å²) in [7, 11) is -3.72. The lowest BCUT2D eigenvalue weighted by atomic mass is 10.3. The Morgan fingerprint density at radius 1 is 1.04 bits per heavy atom. The van der Waals surface area contributed by atoms with Crippen LogP contribution in [0.1, 0.15) is 5.76 Å². The second-order valence-corrected chi connectivity index (χ2v) is 8.33. The van der Waals surface area contributed by atoms with Crippen LogP contribution in [-0.2, 0) is 21.4 Å². The van der Waals surface area contributed by atoms with Crippen molar-refractivity contribution < 1.29 is 22.4 Å². The highest BCUT2D eigenvalue weighted by Gasteiger charge is 2.14. The summed E-state index contributed by atoms with van der Waals surface area (Å²) >= 11 is 3.30. The summed E-state index contributed by atoms with van der Waals surface area (Å²) in [4.78, 5) is 11.9. The number of benzene rings is 2. The summed E-state index contributed by atoms with van der Waals surface area (Å²) in [5, 5.41) is 2.66. The van der Waals surface area contributed by atoms with Gasteiger partial charge in [0, 0.05) is 10.2 Å². The van der Waals surface area contributed by atoms with Gasteiger partial charge in [0.2, 0.25) is 0 Å². The number of furan rings is 1. The number of ether oxygens (including phenoxy) is 1. The van der Waals surface area contributed by atoms with E-state index < -0.39 is 10.0 Å². The van der Waals surface area contributed by atoms with E-state index >= 15 is 0 Å². The fraction of sp³-hybridized carbons (Fsp3) is 0.105. The molecule has 1 heterocycles. The van der Waals surface area contributed by atoms with Gasteiger partial charge in [0.1, 0.15) is 11.5 Å². The molecule has 0 fully saturated rings. The minimum atomic E-state index is -3.72. The molecule has 0 bridgehead atoms. The van der Waals surface area contributed by atoms with Crippen molar-refractivity contribution in [3.63, 3.8) is 0 Å². The molecule has 2 aromatic carbocycles. The quantitative estimate of drug-likeness (QED) is 0.531. The van der Waals surface area contributed by atoms with Gasteiger partial charge in [-0.1, -0.05) is 15.9 Å². The summed E-state index contributed by atoms with van der Waals surface area (Å²) in [5.41, 5.74) is 0.455. The van der Waals surface area contributed by atoms with E-state index in [0.717, 1.165) is 4.47 Å². The zero-order chi connectivity index (χ0) is 20.0. The third-order valence-electron chi connectivity index (χ3n) is 3.64. The van der Waals surface area contributed by atoms with Crippen molar-refractivity contribution in [1.29, 1.82) is 0 Å². The van der Waals surface area contributed by atoms with Gasteiger partial charge in [-0.3, -0.25) is 9.52 Å². The number of amides is 1. The minimum Gasteiger partial charge on any atom is -0.484 e. The molecule has 2 N–H and O–H groups in total. The maximum Gasteiger partial charge on any atom is 0.261 e. The van der Waals surface area contributed by atoms with Gasteiger partial charge in [0.05, 0.1) is 17.7 Å². The molecule has 9 heteroatoms. The van der Waals surface area contributed by atoms with Gasteiger partial charge in [-0.05, 0) is 60.7 Å². The van der Waals surface area contributed by atoms with Gasteiger partial charge < -0.3 is 14.5 Å². The molecule has 28 heavy (non-hydrogen) atoms. The van der Waals surface area contributed by atoms with Crippen LogP contribution in [0.3, 0.4) is 0 Å². The third-order valence-corrected chi connectivity index (χ3v) is 5.57. The molecule has 3 rings (SSSR count). The van der Waals surface area contributed by atoms with E-state index in [1.165, 1.54) is 30.5 Å². The minimum absolute atomic E-state index is 0.0880. The predicted molar refractivity (Wildman–Crippen MR) is 107 cm³/mol. The average Bonchev–Trinajstić information content (AvgIpc) is 3.20. The maximum atomic E-state index is 12.4. The van der Waals surface area contributed by atoms with Crippen LogP contribution in [0.4, 0.5) is 5.69 Å². The van der Waals surface area contributed by atoms with E-state index in [-0.39, 0.29) is 24.0 Å². The first kappa shape index (κ1) is 20.0. The molecule has 1 aromatic heterocycles. The Balaban J connectivity index is 1.53. The van der Waals surface area contributed by atoms with Crippen LogP contribution in [0.2, 0.25) is 0 Å². The number of halogens is 1. The van der Waals surface area contributed by atoms with Crippen LogP contribution in [0.15, 0.2) is 80.7 Å². The van der Waals surface area contributed by atoms with Crippen LogP contribution in [0.5, 0.6) is 5.75 Å². The maximum absolute atomic E-state index is 12.4. The normalized spacial score (nSPS) is 11.0. The largest absolute Gasteiger partial charge is 0.484 e. The van der Waals surface area contributed by atoms with Crippen molar-refractivity contribution in [2.75, 3.05) is 11.3 Å². The SMILES string of the molecule is O=C(COc1ccc(S(=O)(=O)Nc2ccc(Br)cc2)cc1)NCc1ccco1. The van der Waals surface area contributed by atoms with Crippen molar-refractivity contribution >= 4 is 37.5 Å². The molecule has 0 aliphatic heterocycles. The Kier molecular flexibility index (Phi) is 6.37. The summed E-state index contributed by atoms with van der Waals surface area (Å²) in [5.74, 6) is 0.710. The summed E-state index contributed by atoms with van der Waals surface area (Å²) in [6, 6.07) is 16.1. The second-order valence-electron chi connectivity index (χ2n) is 5.73. The molecule has 146 valence electrons. The number of carbonyl (C=O) groups excluding carboxylic acids is 1. The van der Waals surface area contributed by atoms with Crippen molar-refractivity contribution in [3.05, 3.63) is 77.2 Å². The monoisotopic (exact) mass is 464 g/mol.